The monoisotopic (exact) mass is 429 g/mol. The average molecular weight is 430 g/mol. The Morgan fingerprint density at radius 2 is 2.00 bits per heavy atom. The summed E-state index contributed by atoms with van der Waals surface area (Å²) in [5, 5.41) is 18.7. The Hall–Kier alpha value is -3.27. The standard InChI is InChI=1S/C17H12BrN5O4/c1-10-8-15(23(24)25)20-22(10)9-11-2-4-12(5-3-11)17-19-16(21-27-17)13-6-7-14(18)26-13/h2-8H,9H2,1H3. The summed E-state index contributed by atoms with van der Waals surface area (Å²) in [6, 6.07) is 12.4. The average Bonchev–Trinajstić information content (AvgIpc) is 3.36. The predicted molar refractivity (Wildman–Crippen MR) is 97.9 cm³/mol. The number of nitro groups is 1. The highest BCUT2D eigenvalue weighted by molar-refractivity contribution is 9.10. The molecule has 0 aliphatic carbocycles. The van der Waals surface area contributed by atoms with Gasteiger partial charge in [-0.25, -0.2) is 0 Å². The third-order valence-electron chi connectivity index (χ3n) is 3.91. The second kappa shape index (κ2) is 6.80. The number of aryl methyl sites for hydroxylation is 1. The van der Waals surface area contributed by atoms with Crippen molar-refractivity contribution < 1.29 is 13.9 Å². The lowest BCUT2D eigenvalue weighted by Crippen LogP contribution is -2.04. The smallest absolute Gasteiger partial charge is 0.390 e. The van der Waals surface area contributed by atoms with E-state index in [2.05, 4.69) is 31.2 Å². The molecule has 0 atom stereocenters. The first-order valence-corrected chi connectivity index (χ1v) is 8.66. The van der Waals surface area contributed by atoms with Gasteiger partial charge in [0.15, 0.2) is 10.4 Å². The molecule has 0 fully saturated rings. The fraction of sp³-hybridized carbons (Fsp3) is 0.118. The van der Waals surface area contributed by atoms with Gasteiger partial charge in [0, 0.05) is 5.56 Å². The summed E-state index contributed by atoms with van der Waals surface area (Å²) in [5.74, 6) is 1.07. The molecule has 0 saturated carbocycles. The SMILES string of the molecule is Cc1cc([N+](=O)[O-])nn1Cc1ccc(-c2nc(-c3ccc(Br)o3)no2)cc1. The zero-order valence-electron chi connectivity index (χ0n) is 14.0. The van der Waals surface area contributed by atoms with Gasteiger partial charge in [-0.3, -0.25) is 0 Å². The molecule has 9 nitrogen and oxygen atoms in total. The number of benzene rings is 1. The molecule has 136 valence electrons. The largest absolute Gasteiger partial charge is 0.446 e. The van der Waals surface area contributed by atoms with E-state index in [9.17, 15) is 10.1 Å². The van der Waals surface area contributed by atoms with Crippen molar-refractivity contribution in [2.24, 2.45) is 0 Å². The van der Waals surface area contributed by atoms with Crippen molar-refractivity contribution in [3.8, 4) is 23.0 Å². The number of hydrogen-bond acceptors (Lipinski definition) is 7. The Labute approximate surface area is 160 Å². The van der Waals surface area contributed by atoms with Crippen molar-refractivity contribution >= 4 is 21.7 Å². The van der Waals surface area contributed by atoms with Gasteiger partial charge in [0.05, 0.1) is 23.4 Å². The van der Waals surface area contributed by atoms with Gasteiger partial charge >= 0.3 is 5.82 Å². The van der Waals surface area contributed by atoms with Gasteiger partial charge in [-0.15, -0.1) is 0 Å². The third kappa shape index (κ3) is 3.51. The zero-order chi connectivity index (χ0) is 19.0. The summed E-state index contributed by atoms with van der Waals surface area (Å²) in [5.41, 5.74) is 2.41. The van der Waals surface area contributed by atoms with Crippen LogP contribution in [0.2, 0.25) is 0 Å². The Morgan fingerprint density at radius 1 is 1.22 bits per heavy atom. The number of nitrogens with zero attached hydrogens (tertiary/aromatic N) is 5. The van der Waals surface area contributed by atoms with Crippen LogP contribution in [-0.2, 0) is 6.54 Å². The fourth-order valence-electron chi connectivity index (χ4n) is 2.54. The summed E-state index contributed by atoms with van der Waals surface area (Å²) in [6.07, 6.45) is 0. The molecule has 1 aromatic carbocycles. The van der Waals surface area contributed by atoms with Crippen LogP contribution in [-0.4, -0.2) is 24.8 Å². The van der Waals surface area contributed by atoms with Crippen LogP contribution in [0.3, 0.4) is 0 Å². The number of aromatic nitrogens is 4. The molecule has 0 N–H and O–H groups in total. The number of hydrogen-bond donors (Lipinski definition) is 0. The van der Waals surface area contributed by atoms with Crippen LogP contribution in [0.4, 0.5) is 5.82 Å². The predicted octanol–water partition coefficient (Wildman–Crippen LogP) is 4.22. The summed E-state index contributed by atoms with van der Waals surface area (Å²) in [7, 11) is 0. The van der Waals surface area contributed by atoms with E-state index in [1.807, 2.05) is 24.3 Å². The van der Waals surface area contributed by atoms with Gasteiger partial charge in [-0.2, -0.15) is 9.67 Å². The van der Waals surface area contributed by atoms with Crippen LogP contribution in [0.5, 0.6) is 0 Å². The molecule has 3 heterocycles. The molecular formula is C17H12BrN5O4. The number of halogens is 1. The molecule has 0 spiro atoms. The van der Waals surface area contributed by atoms with Gasteiger partial charge in [-0.05, 0) is 57.6 Å². The van der Waals surface area contributed by atoms with Crippen molar-refractivity contribution in [3.63, 3.8) is 0 Å². The molecule has 0 saturated heterocycles. The fourth-order valence-corrected chi connectivity index (χ4v) is 2.85. The number of rotatable bonds is 5. The lowest BCUT2D eigenvalue weighted by atomic mass is 10.1. The molecule has 3 aromatic heterocycles. The molecular weight excluding hydrogens is 418 g/mol. The maximum atomic E-state index is 10.8. The van der Waals surface area contributed by atoms with E-state index in [1.165, 1.54) is 6.07 Å². The topological polar surface area (TPSA) is 113 Å². The van der Waals surface area contributed by atoms with Crippen LogP contribution >= 0.6 is 15.9 Å². The van der Waals surface area contributed by atoms with Crippen LogP contribution < -0.4 is 0 Å². The van der Waals surface area contributed by atoms with Crippen LogP contribution in [0, 0.1) is 17.0 Å². The van der Waals surface area contributed by atoms with Gasteiger partial charge in [-0.1, -0.05) is 17.3 Å². The van der Waals surface area contributed by atoms with E-state index in [-0.39, 0.29) is 5.82 Å². The van der Waals surface area contributed by atoms with Gasteiger partial charge in [0.1, 0.15) is 0 Å². The molecule has 10 heteroatoms. The minimum Gasteiger partial charge on any atom is -0.446 e. The van der Waals surface area contributed by atoms with Gasteiger partial charge in [0.2, 0.25) is 5.82 Å². The van der Waals surface area contributed by atoms with E-state index in [4.69, 9.17) is 8.94 Å². The Morgan fingerprint density at radius 3 is 2.63 bits per heavy atom. The summed E-state index contributed by atoms with van der Waals surface area (Å²) < 4.78 is 12.9. The van der Waals surface area contributed by atoms with E-state index < -0.39 is 4.92 Å². The van der Waals surface area contributed by atoms with Crippen LogP contribution in [0.15, 0.2) is 56.1 Å². The van der Waals surface area contributed by atoms with Crippen molar-refractivity contribution in [2.75, 3.05) is 0 Å². The highest BCUT2D eigenvalue weighted by atomic mass is 79.9. The third-order valence-corrected chi connectivity index (χ3v) is 4.33. The first-order valence-electron chi connectivity index (χ1n) is 7.87. The number of furan rings is 1. The quantitative estimate of drug-likeness (QED) is 0.344. The first-order chi connectivity index (χ1) is 13.0. The maximum Gasteiger partial charge on any atom is 0.390 e. The van der Waals surface area contributed by atoms with Crippen LogP contribution in [0.1, 0.15) is 11.3 Å². The van der Waals surface area contributed by atoms with Crippen molar-refractivity contribution in [1.29, 1.82) is 0 Å². The van der Waals surface area contributed by atoms with Gasteiger partial charge in [0.25, 0.3) is 5.89 Å². The second-order valence-corrected chi connectivity index (χ2v) is 6.56. The van der Waals surface area contributed by atoms with E-state index in [0.29, 0.717) is 28.7 Å². The van der Waals surface area contributed by atoms with Crippen molar-refractivity contribution in [2.45, 2.75) is 13.5 Å². The molecule has 0 amide bonds. The molecule has 0 bridgehead atoms. The minimum absolute atomic E-state index is 0.160. The lowest BCUT2D eigenvalue weighted by Gasteiger charge is -2.01. The molecule has 4 aromatic rings. The summed E-state index contributed by atoms with van der Waals surface area (Å²) in [6.45, 7) is 2.21. The van der Waals surface area contributed by atoms with E-state index >= 15 is 0 Å². The molecule has 0 unspecified atom stereocenters. The van der Waals surface area contributed by atoms with Gasteiger partial charge < -0.3 is 19.1 Å². The second-order valence-electron chi connectivity index (χ2n) is 5.78. The highest BCUT2D eigenvalue weighted by Crippen LogP contribution is 2.26. The van der Waals surface area contributed by atoms with E-state index in [0.717, 1.165) is 16.8 Å². The minimum atomic E-state index is -0.503. The van der Waals surface area contributed by atoms with Crippen molar-refractivity contribution in [3.05, 3.63) is 68.5 Å². The molecule has 27 heavy (non-hydrogen) atoms. The first kappa shape index (κ1) is 17.2. The van der Waals surface area contributed by atoms with Crippen LogP contribution in [0.25, 0.3) is 23.0 Å². The molecule has 4 rings (SSSR count). The molecule has 0 aliphatic rings. The Balaban J connectivity index is 1.52. The lowest BCUT2D eigenvalue weighted by molar-refractivity contribution is -0.389. The Bertz CT molecular complexity index is 1110. The molecule has 0 radical (unpaired) electrons. The normalized spacial score (nSPS) is 11.0. The molecule has 0 aliphatic heterocycles. The Kier molecular flexibility index (Phi) is 4.32. The summed E-state index contributed by atoms with van der Waals surface area (Å²) in [4.78, 5) is 14.7. The zero-order valence-corrected chi connectivity index (χ0v) is 15.6. The maximum absolute atomic E-state index is 10.8. The highest BCUT2D eigenvalue weighted by Gasteiger charge is 2.16. The van der Waals surface area contributed by atoms with Crippen molar-refractivity contribution in [1.82, 2.24) is 19.9 Å². The van der Waals surface area contributed by atoms with E-state index in [1.54, 1.807) is 23.7 Å². The summed E-state index contributed by atoms with van der Waals surface area (Å²) >= 11 is 3.23.